The molecule has 0 bridgehead atoms. The molecule has 0 saturated heterocycles. The molecule has 0 aliphatic heterocycles. The molecule has 1 heterocycles. The minimum absolute atomic E-state index is 0.0169. The van der Waals surface area contributed by atoms with Gasteiger partial charge in [-0.05, 0) is 40.2 Å². The van der Waals surface area contributed by atoms with E-state index in [0.717, 1.165) is 10.7 Å². The van der Waals surface area contributed by atoms with Crippen LogP contribution in [-0.4, -0.2) is 25.9 Å². The molecule has 9 nitrogen and oxygen atoms in total. The van der Waals surface area contributed by atoms with E-state index in [0.29, 0.717) is 10.9 Å². The SMILES string of the molecule is O=C(OCn1nnc2ccccc2c1=O)c1ccc(Br)c([N+](=O)[O-])c1. The van der Waals surface area contributed by atoms with Crippen molar-refractivity contribution in [1.82, 2.24) is 15.0 Å². The third kappa shape index (κ3) is 3.38. The summed E-state index contributed by atoms with van der Waals surface area (Å²) in [5.74, 6) is -0.822. The summed E-state index contributed by atoms with van der Waals surface area (Å²) in [4.78, 5) is 34.6. The highest BCUT2D eigenvalue weighted by atomic mass is 79.9. The fourth-order valence-electron chi connectivity index (χ4n) is 2.09. The number of benzene rings is 2. The summed E-state index contributed by atoms with van der Waals surface area (Å²) in [6, 6.07) is 10.5. The zero-order valence-electron chi connectivity index (χ0n) is 12.5. The van der Waals surface area contributed by atoms with Crippen LogP contribution in [0.15, 0.2) is 51.7 Å². The number of hydrogen-bond acceptors (Lipinski definition) is 7. The lowest BCUT2D eigenvalue weighted by molar-refractivity contribution is -0.385. The van der Waals surface area contributed by atoms with Gasteiger partial charge in [0.1, 0.15) is 5.52 Å². The van der Waals surface area contributed by atoms with Gasteiger partial charge in [-0.15, -0.1) is 5.10 Å². The summed E-state index contributed by atoms with van der Waals surface area (Å²) in [6.07, 6.45) is 0. The molecule has 0 radical (unpaired) electrons. The Hall–Kier alpha value is -3.14. The Morgan fingerprint density at radius 1 is 1.28 bits per heavy atom. The molecule has 10 heteroatoms. The van der Waals surface area contributed by atoms with E-state index < -0.39 is 23.2 Å². The molecule has 0 aliphatic carbocycles. The molecule has 0 spiro atoms. The van der Waals surface area contributed by atoms with Crippen molar-refractivity contribution in [3.8, 4) is 0 Å². The van der Waals surface area contributed by atoms with E-state index in [1.807, 2.05) is 0 Å². The van der Waals surface area contributed by atoms with E-state index in [1.165, 1.54) is 12.1 Å². The number of nitrogens with zero attached hydrogens (tertiary/aromatic N) is 4. The van der Waals surface area contributed by atoms with Gasteiger partial charge in [0, 0.05) is 6.07 Å². The summed E-state index contributed by atoms with van der Waals surface area (Å²) >= 11 is 3.03. The number of aromatic nitrogens is 3. The Morgan fingerprint density at radius 3 is 2.80 bits per heavy atom. The van der Waals surface area contributed by atoms with Crippen LogP contribution in [0.4, 0.5) is 5.69 Å². The van der Waals surface area contributed by atoms with Gasteiger partial charge in [-0.1, -0.05) is 17.3 Å². The zero-order chi connectivity index (χ0) is 18.0. The smallest absolute Gasteiger partial charge is 0.340 e. The molecule has 0 unspecified atom stereocenters. The number of fused-ring (bicyclic) bond motifs is 1. The first-order valence-corrected chi connectivity index (χ1v) is 7.70. The maximum Gasteiger partial charge on any atom is 0.340 e. The van der Waals surface area contributed by atoms with Crippen molar-refractivity contribution in [2.75, 3.05) is 0 Å². The number of nitro benzene ring substituents is 1. The molecule has 0 fully saturated rings. The minimum atomic E-state index is -0.822. The standard InChI is InChI=1S/C15H9BrN4O5/c16-11-6-5-9(7-13(11)20(23)24)15(22)25-8-19-14(21)10-3-1-2-4-12(10)17-18-19/h1-7H,8H2. The van der Waals surface area contributed by atoms with Crippen LogP contribution < -0.4 is 5.56 Å². The van der Waals surface area contributed by atoms with Crippen LogP contribution in [0.25, 0.3) is 10.9 Å². The van der Waals surface area contributed by atoms with Gasteiger partial charge in [0.05, 0.1) is 20.3 Å². The second-order valence-electron chi connectivity index (χ2n) is 4.90. The maximum absolute atomic E-state index is 12.2. The molecule has 25 heavy (non-hydrogen) atoms. The summed E-state index contributed by atoms with van der Waals surface area (Å²) in [5.41, 5.74) is -0.312. The molecular weight excluding hydrogens is 396 g/mol. The Balaban J connectivity index is 1.81. The van der Waals surface area contributed by atoms with Crippen LogP contribution in [0.2, 0.25) is 0 Å². The number of esters is 1. The van der Waals surface area contributed by atoms with Gasteiger partial charge in [-0.3, -0.25) is 14.9 Å². The monoisotopic (exact) mass is 404 g/mol. The van der Waals surface area contributed by atoms with Crippen molar-refractivity contribution in [1.29, 1.82) is 0 Å². The van der Waals surface area contributed by atoms with E-state index >= 15 is 0 Å². The summed E-state index contributed by atoms with van der Waals surface area (Å²) in [7, 11) is 0. The lowest BCUT2D eigenvalue weighted by Crippen LogP contribution is -2.26. The summed E-state index contributed by atoms with van der Waals surface area (Å²) < 4.78 is 6.14. The third-order valence-electron chi connectivity index (χ3n) is 3.33. The number of carbonyl (C=O) groups is 1. The molecule has 2 aromatic carbocycles. The lowest BCUT2D eigenvalue weighted by Gasteiger charge is -2.07. The second-order valence-corrected chi connectivity index (χ2v) is 5.75. The van der Waals surface area contributed by atoms with E-state index in [2.05, 4.69) is 26.2 Å². The predicted octanol–water partition coefficient (Wildman–Crippen LogP) is 2.28. The minimum Gasteiger partial charge on any atom is -0.439 e. The number of rotatable bonds is 4. The van der Waals surface area contributed by atoms with Gasteiger partial charge < -0.3 is 4.74 Å². The van der Waals surface area contributed by atoms with E-state index in [4.69, 9.17) is 4.74 Å². The Labute approximate surface area is 148 Å². The van der Waals surface area contributed by atoms with E-state index in [1.54, 1.807) is 24.3 Å². The van der Waals surface area contributed by atoms with Crippen molar-refractivity contribution in [2.24, 2.45) is 0 Å². The zero-order valence-corrected chi connectivity index (χ0v) is 14.0. The fourth-order valence-corrected chi connectivity index (χ4v) is 2.48. The molecular formula is C15H9BrN4O5. The predicted molar refractivity (Wildman–Crippen MR) is 90.0 cm³/mol. The second kappa shape index (κ2) is 6.77. The maximum atomic E-state index is 12.2. The number of halogens is 1. The highest BCUT2D eigenvalue weighted by Crippen LogP contribution is 2.25. The average Bonchev–Trinajstić information content (AvgIpc) is 2.61. The first-order valence-electron chi connectivity index (χ1n) is 6.91. The van der Waals surface area contributed by atoms with Crippen molar-refractivity contribution < 1.29 is 14.5 Å². The highest BCUT2D eigenvalue weighted by molar-refractivity contribution is 9.10. The number of hydrogen-bond donors (Lipinski definition) is 0. The van der Waals surface area contributed by atoms with Gasteiger partial charge in [0.2, 0.25) is 0 Å². The number of ether oxygens (including phenoxy) is 1. The molecule has 0 N–H and O–H groups in total. The average molecular weight is 405 g/mol. The van der Waals surface area contributed by atoms with Crippen molar-refractivity contribution in [2.45, 2.75) is 6.73 Å². The van der Waals surface area contributed by atoms with Crippen LogP contribution in [-0.2, 0) is 11.5 Å². The highest BCUT2D eigenvalue weighted by Gasteiger charge is 2.17. The Kier molecular flexibility index (Phi) is 4.52. The fraction of sp³-hybridized carbons (Fsp3) is 0.0667. The van der Waals surface area contributed by atoms with Gasteiger partial charge in [-0.2, -0.15) is 4.68 Å². The lowest BCUT2D eigenvalue weighted by atomic mass is 10.2. The normalized spacial score (nSPS) is 10.6. The third-order valence-corrected chi connectivity index (χ3v) is 4.00. The molecule has 3 aromatic rings. The first kappa shape index (κ1) is 16.7. The van der Waals surface area contributed by atoms with Crippen LogP contribution in [0.5, 0.6) is 0 Å². The Bertz CT molecular complexity index is 1050. The van der Waals surface area contributed by atoms with Crippen molar-refractivity contribution >= 4 is 38.5 Å². The molecule has 0 atom stereocenters. The van der Waals surface area contributed by atoms with Crippen LogP contribution in [0, 0.1) is 10.1 Å². The molecule has 0 amide bonds. The number of carbonyl (C=O) groups excluding carboxylic acids is 1. The van der Waals surface area contributed by atoms with Crippen LogP contribution in [0.3, 0.4) is 0 Å². The van der Waals surface area contributed by atoms with Crippen LogP contribution in [0.1, 0.15) is 10.4 Å². The molecule has 0 aliphatic rings. The molecule has 3 rings (SSSR count). The topological polar surface area (TPSA) is 117 Å². The van der Waals surface area contributed by atoms with Gasteiger partial charge in [0.15, 0.2) is 6.73 Å². The quantitative estimate of drug-likeness (QED) is 0.371. The largest absolute Gasteiger partial charge is 0.439 e. The molecule has 1 aromatic heterocycles. The van der Waals surface area contributed by atoms with E-state index in [9.17, 15) is 19.7 Å². The van der Waals surface area contributed by atoms with Crippen molar-refractivity contribution in [3.63, 3.8) is 0 Å². The van der Waals surface area contributed by atoms with Gasteiger partial charge >= 0.3 is 5.97 Å². The summed E-state index contributed by atoms with van der Waals surface area (Å²) in [6.45, 7) is -0.459. The first-order chi connectivity index (χ1) is 12.0. The van der Waals surface area contributed by atoms with Crippen LogP contribution >= 0.6 is 15.9 Å². The molecule has 0 saturated carbocycles. The summed E-state index contributed by atoms with van der Waals surface area (Å²) in [5, 5.41) is 18.8. The number of nitro groups is 1. The van der Waals surface area contributed by atoms with E-state index in [-0.39, 0.29) is 15.7 Å². The Morgan fingerprint density at radius 2 is 2.04 bits per heavy atom. The molecule has 126 valence electrons. The van der Waals surface area contributed by atoms with Gasteiger partial charge in [-0.25, -0.2) is 4.79 Å². The van der Waals surface area contributed by atoms with Gasteiger partial charge in [0.25, 0.3) is 11.2 Å². The van der Waals surface area contributed by atoms with Crippen molar-refractivity contribution in [3.05, 3.63) is 73.0 Å².